The van der Waals surface area contributed by atoms with Crippen molar-refractivity contribution < 1.29 is 17.9 Å². The molecule has 1 aliphatic rings. The predicted octanol–water partition coefficient (Wildman–Crippen LogP) is 2.48. The van der Waals surface area contributed by atoms with Gasteiger partial charge in [-0.2, -0.15) is 0 Å². The Morgan fingerprint density at radius 3 is 2.27 bits per heavy atom. The molecule has 0 atom stereocenters. The third-order valence-corrected chi connectivity index (χ3v) is 5.99. The lowest BCUT2D eigenvalue weighted by Crippen LogP contribution is -2.41. The molecule has 1 saturated carbocycles. The first kappa shape index (κ1) is 18.3. The van der Waals surface area contributed by atoms with Gasteiger partial charge >= 0.3 is 0 Å². The van der Waals surface area contributed by atoms with Gasteiger partial charge in [-0.15, -0.1) is 0 Å². The SMILES string of the molecule is COc1ccc(N(CC(=O)NC2CC2)S(=O)(=O)c2ccc(C)cc2)cc1. The second kappa shape index (κ2) is 7.37. The molecular weight excluding hydrogens is 352 g/mol. The zero-order chi connectivity index (χ0) is 18.7. The van der Waals surface area contributed by atoms with Crippen molar-refractivity contribution in [2.75, 3.05) is 18.0 Å². The van der Waals surface area contributed by atoms with Crippen molar-refractivity contribution in [1.82, 2.24) is 5.32 Å². The van der Waals surface area contributed by atoms with Crippen molar-refractivity contribution in [3.63, 3.8) is 0 Å². The van der Waals surface area contributed by atoms with Gasteiger partial charge in [0.2, 0.25) is 5.91 Å². The van der Waals surface area contributed by atoms with Gasteiger partial charge in [0.15, 0.2) is 0 Å². The van der Waals surface area contributed by atoms with Crippen LogP contribution in [0.3, 0.4) is 0 Å². The van der Waals surface area contributed by atoms with Crippen molar-refractivity contribution in [2.45, 2.75) is 30.7 Å². The first-order valence-electron chi connectivity index (χ1n) is 8.43. The van der Waals surface area contributed by atoms with Crippen LogP contribution in [0.1, 0.15) is 18.4 Å². The van der Waals surface area contributed by atoms with Crippen LogP contribution < -0.4 is 14.4 Å². The van der Waals surface area contributed by atoms with Gasteiger partial charge in [0.25, 0.3) is 10.0 Å². The average molecular weight is 374 g/mol. The van der Waals surface area contributed by atoms with E-state index in [1.165, 1.54) is 0 Å². The summed E-state index contributed by atoms with van der Waals surface area (Å²) in [6, 6.07) is 13.4. The second-order valence-corrected chi connectivity index (χ2v) is 8.23. The minimum Gasteiger partial charge on any atom is -0.497 e. The number of hydrogen-bond donors (Lipinski definition) is 1. The molecule has 0 bridgehead atoms. The van der Waals surface area contributed by atoms with Gasteiger partial charge in [0.05, 0.1) is 17.7 Å². The van der Waals surface area contributed by atoms with Crippen LogP contribution in [-0.4, -0.2) is 34.0 Å². The minimum absolute atomic E-state index is 0.151. The molecule has 1 aliphatic carbocycles. The summed E-state index contributed by atoms with van der Waals surface area (Å²) in [5.41, 5.74) is 1.38. The number of aryl methyl sites for hydroxylation is 1. The van der Waals surface area contributed by atoms with Crippen LogP contribution >= 0.6 is 0 Å². The Morgan fingerprint density at radius 1 is 1.12 bits per heavy atom. The van der Waals surface area contributed by atoms with Crippen molar-refractivity contribution >= 4 is 21.6 Å². The van der Waals surface area contributed by atoms with Crippen LogP contribution in [0.4, 0.5) is 5.69 Å². The third-order valence-electron chi connectivity index (χ3n) is 4.20. The van der Waals surface area contributed by atoms with Crippen LogP contribution in [-0.2, 0) is 14.8 Å². The standard InChI is InChI=1S/C19H22N2O4S/c1-14-3-11-18(12-4-14)26(23,24)21(13-19(22)20-15-5-6-15)16-7-9-17(25-2)10-8-16/h3-4,7-12,15H,5-6,13H2,1-2H3,(H,20,22). The molecule has 0 aliphatic heterocycles. The number of amides is 1. The molecule has 2 aromatic carbocycles. The Kier molecular flexibility index (Phi) is 5.18. The van der Waals surface area contributed by atoms with E-state index in [2.05, 4.69) is 5.32 Å². The normalized spacial score (nSPS) is 13.9. The molecule has 0 aromatic heterocycles. The molecule has 0 saturated heterocycles. The zero-order valence-corrected chi connectivity index (χ0v) is 15.6. The maximum absolute atomic E-state index is 13.2. The van der Waals surface area contributed by atoms with Gasteiger partial charge in [-0.05, 0) is 56.2 Å². The lowest BCUT2D eigenvalue weighted by molar-refractivity contribution is -0.119. The molecule has 1 N–H and O–H groups in total. The van der Waals surface area contributed by atoms with Gasteiger partial charge < -0.3 is 10.1 Å². The molecule has 0 spiro atoms. The number of hydrogen-bond acceptors (Lipinski definition) is 4. The highest BCUT2D eigenvalue weighted by Gasteiger charge is 2.29. The topological polar surface area (TPSA) is 75.7 Å². The predicted molar refractivity (Wildman–Crippen MR) is 99.9 cm³/mol. The van der Waals surface area contributed by atoms with Crippen molar-refractivity contribution in [3.05, 3.63) is 54.1 Å². The minimum atomic E-state index is -3.87. The van der Waals surface area contributed by atoms with E-state index < -0.39 is 10.0 Å². The van der Waals surface area contributed by atoms with Crippen LogP contribution in [0.5, 0.6) is 5.75 Å². The molecule has 0 heterocycles. The van der Waals surface area contributed by atoms with Crippen molar-refractivity contribution in [2.24, 2.45) is 0 Å². The lowest BCUT2D eigenvalue weighted by atomic mass is 10.2. The number of benzene rings is 2. The fourth-order valence-electron chi connectivity index (χ4n) is 2.53. The smallest absolute Gasteiger partial charge is 0.264 e. The number of anilines is 1. The molecule has 0 unspecified atom stereocenters. The largest absolute Gasteiger partial charge is 0.497 e. The first-order valence-corrected chi connectivity index (χ1v) is 9.87. The van der Waals surface area contributed by atoms with E-state index in [1.54, 1.807) is 55.6 Å². The van der Waals surface area contributed by atoms with Crippen LogP contribution in [0.2, 0.25) is 0 Å². The molecule has 7 heteroatoms. The second-order valence-electron chi connectivity index (χ2n) is 6.36. The summed E-state index contributed by atoms with van der Waals surface area (Å²) in [6.45, 7) is 1.62. The van der Waals surface area contributed by atoms with Gasteiger partial charge in [-0.3, -0.25) is 9.10 Å². The lowest BCUT2D eigenvalue weighted by Gasteiger charge is -2.24. The number of ether oxygens (including phenoxy) is 1. The quantitative estimate of drug-likeness (QED) is 0.808. The molecular formula is C19H22N2O4S. The number of methoxy groups -OCH3 is 1. The van der Waals surface area contributed by atoms with Crippen molar-refractivity contribution in [1.29, 1.82) is 0 Å². The highest BCUT2D eigenvalue weighted by atomic mass is 32.2. The van der Waals surface area contributed by atoms with Crippen LogP contribution in [0.15, 0.2) is 53.4 Å². The average Bonchev–Trinajstić information content (AvgIpc) is 3.44. The number of nitrogens with one attached hydrogen (secondary N) is 1. The highest BCUT2D eigenvalue weighted by Crippen LogP contribution is 2.26. The molecule has 3 rings (SSSR count). The highest BCUT2D eigenvalue weighted by molar-refractivity contribution is 7.92. The summed E-state index contributed by atoms with van der Waals surface area (Å²) in [4.78, 5) is 12.4. The summed E-state index contributed by atoms with van der Waals surface area (Å²) in [5.74, 6) is 0.308. The molecule has 1 amide bonds. The zero-order valence-electron chi connectivity index (χ0n) is 14.8. The molecule has 1 fully saturated rings. The Labute approximate surface area is 153 Å². The molecule has 138 valence electrons. The Bertz CT molecular complexity index is 873. The Hall–Kier alpha value is -2.54. The van der Waals surface area contributed by atoms with E-state index in [1.807, 2.05) is 6.92 Å². The molecule has 6 nitrogen and oxygen atoms in total. The Morgan fingerprint density at radius 2 is 1.73 bits per heavy atom. The van der Waals surface area contributed by atoms with Crippen LogP contribution in [0, 0.1) is 6.92 Å². The van der Waals surface area contributed by atoms with Crippen LogP contribution in [0.25, 0.3) is 0 Å². The number of rotatable bonds is 7. The van der Waals surface area contributed by atoms with Gasteiger partial charge in [-0.1, -0.05) is 17.7 Å². The van der Waals surface area contributed by atoms with E-state index in [0.29, 0.717) is 11.4 Å². The summed E-state index contributed by atoms with van der Waals surface area (Å²) < 4.78 is 32.6. The summed E-state index contributed by atoms with van der Waals surface area (Å²) in [5, 5.41) is 2.84. The third kappa shape index (κ3) is 4.16. The van der Waals surface area contributed by atoms with Crippen molar-refractivity contribution in [3.8, 4) is 5.75 Å². The molecule has 26 heavy (non-hydrogen) atoms. The van der Waals surface area contributed by atoms with Gasteiger partial charge in [0.1, 0.15) is 12.3 Å². The molecule has 0 radical (unpaired) electrons. The number of nitrogens with zero attached hydrogens (tertiary/aromatic N) is 1. The number of carbonyl (C=O) groups excluding carboxylic acids is 1. The maximum atomic E-state index is 13.2. The fraction of sp³-hybridized carbons (Fsp3) is 0.316. The fourth-order valence-corrected chi connectivity index (χ4v) is 3.95. The Balaban J connectivity index is 1.94. The van der Waals surface area contributed by atoms with E-state index in [9.17, 15) is 13.2 Å². The van der Waals surface area contributed by atoms with Gasteiger partial charge in [-0.25, -0.2) is 8.42 Å². The van der Waals surface area contributed by atoms with E-state index in [0.717, 1.165) is 22.7 Å². The summed E-state index contributed by atoms with van der Waals surface area (Å²) >= 11 is 0. The van der Waals surface area contributed by atoms with Gasteiger partial charge in [0, 0.05) is 6.04 Å². The maximum Gasteiger partial charge on any atom is 0.264 e. The molecule has 2 aromatic rings. The van der Waals surface area contributed by atoms with E-state index in [4.69, 9.17) is 4.74 Å². The number of carbonyl (C=O) groups is 1. The number of sulfonamides is 1. The summed E-state index contributed by atoms with van der Waals surface area (Å²) in [6.07, 6.45) is 1.89. The van der Waals surface area contributed by atoms with E-state index in [-0.39, 0.29) is 23.4 Å². The monoisotopic (exact) mass is 374 g/mol. The van der Waals surface area contributed by atoms with E-state index >= 15 is 0 Å². The first-order chi connectivity index (χ1) is 12.4. The summed E-state index contributed by atoms with van der Waals surface area (Å²) in [7, 11) is -2.33.